The summed E-state index contributed by atoms with van der Waals surface area (Å²) in [6, 6.07) is 16.5. The van der Waals surface area contributed by atoms with Gasteiger partial charge in [0, 0.05) is 52.6 Å². The first kappa shape index (κ1) is 40.6. The minimum absolute atomic E-state index is 0. The van der Waals surface area contributed by atoms with Gasteiger partial charge in [0.2, 0.25) is 0 Å². The number of ether oxygens (including phenoxy) is 2. The van der Waals surface area contributed by atoms with Crippen LogP contribution >= 0.6 is 0 Å². The molecular formula is C33H33MnN2O10. The van der Waals surface area contributed by atoms with E-state index < -0.39 is 17.9 Å². The molecule has 0 unspecified atom stereocenters. The molecule has 0 saturated heterocycles. The standard InChI is InChI=1S/C27H24N2O4.3C2H4O2.Mn/c1-4-6-17-13-21(27(31)25(14-17)33-3)19-10-12-23(29-16-19)22-11-9-18(15-28-22)20-7-5-8-24(32-2)26(20)30;3*1-2(3)4;/h4-5,7-16,30-31H,1,6H2,2-3H3;3*1H3,(H,3,4);/q;;;;+3/p-3. The predicted octanol–water partition coefficient (Wildman–Crippen LogP) is 1.90. The Hall–Kier alpha value is -5.39. The van der Waals surface area contributed by atoms with Crippen molar-refractivity contribution in [2.75, 3.05) is 14.2 Å². The Bertz CT molecular complexity index is 1550. The fourth-order valence-electron chi connectivity index (χ4n) is 3.65. The van der Waals surface area contributed by atoms with Gasteiger partial charge in [-0.25, -0.2) is 0 Å². The van der Waals surface area contributed by atoms with Gasteiger partial charge >= 0.3 is 17.1 Å². The summed E-state index contributed by atoms with van der Waals surface area (Å²) in [5, 5.41) is 47.6. The molecule has 242 valence electrons. The summed E-state index contributed by atoms with van der Waals surface area (Å²) in [6.45, 7) is 6.69. The van der Waals surface area contributed by atoms with Crippen molar-refractivity contribution < 1.29 is 66.5 Å². The Kier molecular flexibility index (Phi) is 18.1. The van der Waals surface area contributed by atoms with Gasteiger partial charge in [0.25, 0.3) is 0 Å². The van der Waals surface area contributed by atoms with E-state index in [0.717, 1.165) is 37.5 Å². The normalized spacial score (nSPS) is 9.24. The van der Waals surface area contributed by atoms with Crippen molar-refractivity contribution in [2.24, 2.45) is 0 Å². The number of carbonyl (C=O) groups excluding carboxylic acids is 3. The topological polar surface area (TPSA) is 205 Å². The average Bonchev–Trinajstić information content (AvgIpc) is 2.98. The summed E-state index contributed by atoms with van der Waals surface area (Å²) in [5.74, 6) is -2.29. The smallest absolute Gasteiger partial charge is 0.550 e. The summed E-state index contributed by atoms with van der Waals surface area (Å²) in [7, 11) is 3.04. The van der Waals surface area contributed by atoms with Crippen molar-refractivity contribution in [3.8, 4) is 56.6 Å². The minimum Gasteiger partial charge on any atom is -0.550 e. The van der Waals surface area contributed by atoms with Gasteiger partial charge in [0.1, 0.15) is 0 Å². The van der Waals surface area contributed by atoms with Crippen LogP contribution in [-0.2, 0) is 37.9 Å². The summed E-state index contributed by atoms with van der Waals surface area (Å²) >= 11 is 0. The van der Waals surface area contributed by atoms with E-state index in [4.69, 9.17) is 39.2 Å². The van der Waals surface area contributed by atoms with Crippen LogP contribution in [0.4, 0.5) is 0 Å². The molecule has 0 amide bonds. The fourth-order valence-corrected chi connectivity index (χ4v) is 3.65. The van der Waals surface area contributed by atoms with Crippen LogP contribution in [0.15, 0.2) is 79.6 Å². The van der Waals surface area contributed by atoms with Crippen molar-refractivity contribution in [3.63, 3.8) is 0 Å². The van der Waals surface area contributed by atoms with Crippen LogP contribution in [0.25, 0.3) is 33.6 Å². The molecular weight excluding hydrogens is 639 g/mol. The number of phenolic OH excluding ortho intramolecular Hbond substituents is 2. The van der Waals surface area contributed by atoms with Gasteiger partial charge < -0.3 is 49.4 Å². The van der Waals surface area contributed by atoms with Crippen LogP contribution in [0.5, 0.6) is 23.0 Å². The Morgan fingerprint density at radius 1 is 0.739 bits per heavy atom. The maximum absolute atomic E-state index is 10.6. The molecule has 0 radical (unpaired) electrons. The van der Waals surface area contributed by atoms with Gasteiger partial charge in [-0.2, -0.15) is 0 Å². The van der Waals surface area contributed by atoms with Crippen molar-refractivity contribution in [1.29, 1.82) is 0 Å². The molecule has 0 spiro atoms. The molecule has 12 nitrogen and oxygen atoms in total. The molecule has 0 aliphatic rings. The van der Waals surface area contributed by atoms with Gasteiger partial charge in [-0.05, 0) is 63.1 Å². The van der Waals surface area contributed by atoms with E-state index in [-0.39, 0.29) is 28.6 Å². The number of allylic oxidation sites excluding steroid dienone is 1. The first-order chi connectivity index (χ1) is 21.2. The van der Waals surface area contributed by atoms with E-state index in [2.05, 4.69) is 16.5 Å². The number of nitrogens with zero attached hydrogens (tertiary/aromatic N) is 2. The summed E-state index contributed by atoms with van der Waals surface area (Å²) < 4.78 is 10.5. The molecule has 2 aromatic carbocycles. The molecule has 2 N–H and O–H groups in total. The van der Waals surface area contributed by atoms with Gasteiger partial charge in [0.05, 0.1) is 25.6 Å². The van der Waals surface area contributed by atoms with Gasteiger partial charge in [-0.3, -0.25) is 9.97 Å². The maximum Gasteiger partial charge on any atom is 3.00 e. The first-order valence-corrected chi connectivity index (χ1v) is 13.1. The Labute approximate surface area is 277 Å². The summed E-state index contributed by atoms with van der Waals surface area (Å²) in [5.41, 5.74) is 5.17. The van der Waals surface area contributed by atoms with Crippen molar-refractivity contribution >= 4 is 17.9 Å². The monoisotopic (exact) mass is 672 g/mol. The SMILES string of the molecule is C=CCc1cc(OC)c(O)c(-c2ccc(-c3ccc(-c4cccc(OC)c4O)cn3)nc2)c1.CC(=O)[O-].CC(=O)[O-].CC(=O)[O-].[Mn+3]. The molecule has 0 aliphatic carbocycles. The number of rotatable bonds is 7. The molecule has 4 aromatic rings. The van der Waals surface area contributed by atoms with Crippen LogP contribution in [-0.4, -0.2) is 52.3 Å². The number of carbonyl (C=O) groups is 3. The molecule has 2 aromatic heterocycles. The molecule has 13 heteroatoms. The van der Waals surface area contributed by atoms with E-state index in [1.165, 1.54) is 14.2 Å². The molecule has 0 bridgehead atoms. The number of pyridine rings is 2. The number of benzene rings is 2. The number of aromatic nitrogens is 2. The number of para-hydroxylation sites is 1. The van der Waals surface area contributed by atoms with Crippen LogP contribution in [0, 0.1) is 0 Å². The second-order valence-electron chi connectivity index (χ2n) is 8.88. The Morgan fingerprint density at radius 3 is 1.57 bits per heavy atom. The zero-order valence-electron chi connectivity index (χ0n) is 25.8. The summed E-state index contributed by atoms with van der Waals surface area (Å²) in [6.07, 6.45) is 5.85. The second kappa shape index (κ2) is 20.5. The fraction of sp³-hybridized carbons (Fsp3) is 0.182. The number of aliphatic carboxylic acids is 3. The number of hydrogen-bond donors (Lipinski definition) is 2. The molecule has 0 fully saturated rings. The number of phenols is 2. The third-order valence-corrected chi connectivity index (χ3v) is 5.37. The zero-order valence-corrected chi connectivity index (χ0v) is 27.0. The number of carboxylic acid groups (broad SMARTS) is 3. The Balaban J connectivity index is 0.00000134. The number of carboxylic acids is 3. The average molecular weight is 673 g/mol. The Morgan fingerprint density at radius 2 is 1.17 bits per heavy atom. The van der Waals surface area contributed by atoms with E-state index in [0.29, 0.717) is 40.4 Å². The molecule has 2 heterocycles. The quantitative estimate of drug-likeness (QED) is 0.213. The van der Waals surface area contributed by atoms with E-state index >= 15 is 0 Å². The number of methoxy groups -OCH3 is 2. The molecule has 0 aliphatic heterocycles. The zero-order chi connectivity index (χ0) is 34.1. The van der Waals surface area contributed by atoms with E-state index in [1.807, 2.05) is 42.5 Å². The van der Waals surface area contributed by atoms with Crippen LogP contribution in [0.3, 0.4) is 0 Å². The summed E-state index contributed by atoms with van der Waals surface area (Å²) in [4.78, 5) is 35.7. The molecule has 46 heavy (non-hydrogen) atoms. The van der Waals surface area contributed by atoms with E-state index in [1.54, 1.807) is 30.6 Å². The van der Waals surface area contributed by atoms with Gasteiger partial charge in [0.15, 0.2) is 23.0 Å². The van der Waals surface area contributed by atoms with Gasteiger partial charge in [-0.15, -0.1) is 6.58 Å². The second-order valence-corrected chi connectivity index (χ2v) is 8.88. The van der Waals surface area contributed by atoms with E-state index in [9.17, 15) is 10.2 Å². The van der Waals surface area contributed by atoms with Crippen molar-refractivity contribution in [1.82, 2.24) is 9.97 Å². The first-order valence-electron chi connectivity index (χ1n) is 13.1. The third-order valence-electron chi connectivity index (χ3n) is 5.37. The number of hydrogen-bond acceptors (Lipinski definition) is 12. The predicted molar refractivity (Wildman–Crippen MR) is 161 cm³/mol. The molecule has 0 saturated carbocycles. The van der Waals surface area contributed by atoms with Crippen molar-refractivity contribution in [2.45, 2.75) is 27.2 Å². The molecule has 0 atom stereocenters. The van der Waals surface area contributed by atoms with Crippen LogP contribution in [0.2, 0.25) is 0 Å². The largest absolute Gasteiger partial charge is 3.00 e. The van der Waals surface area contributed by atoms with Crippen LogP contribution < -0.4 is 24.8 Å². The van der Waals surface area contributed by atoms with Crippen LogP contribution in [0.1, 0.15) is 26.3 Å². The number of aromatic hydroxyl groups is 2. The van der Waals surface area contributed by atoms with Gasteiger partial charge in [-0.1, -0.05) is 30.3 Å². The molecule has 4 rings (SSSR count). The third kappa shape index (κ3) is 13.5. The minimum atomic E-state index is -1.08. The maximum atomic E-state index is 10.6. The van der Waals surface area contributed by atoms with Crippen molar-refractivity contribution in [3.05, 3.63) is 85.2 Å².